The van der Waals surface area contributed by atoms with Gasteiger partial charge in [-0.05, 0) is 24.6 Å². The Balaban J connectivity index is 1.63. The molecule has 3 heterocycles. The molecule has 1 aromatic carbocycles. The minimum atomic E-state index is 0.635. The molecule has 3 aromatic heterocycles. The average molecular weight is 410 g/mol. The highest BCUT2D eigenvalue weighted by Gasteiger charge is 2.19. The monoisotopic (exact) mass is 409 g/mol. The molecule has 0 aliphatic heterocycles. The van der Waals surface area contributed by atoms with Crippen molar-refractivity contribution in [2.45, 2.75) is 17.8 Å². The highest BCUT2D eigenvalue weighted by atomic mass is 35.5. The molecule has 0 saturated carbocycles. The van der Waals surface area contributed by atoms with Crippen molar-refractivity contribution in [2.24, 2.45) is 7.05 Å². The summed E-state index contributed by atoms with van der Waals surface area (Å²) in [6.07, 6.45) is 2.00. The number of imidazole rings is 1. The minimum absolute atomic E-state index is 0.635. The van der Waals surface area contributed by atoms with Gasteiger partial charge in [0.1, 0.15) is 5.69 Å². The number of hydrogen-bond acceptors (Lipinski definition) is 5. The van der Waals surface area contributed by atoms with Crippen LogP contribution in [-0.2, 0) is 12.8 Å². The number of nitrogens with zero attached hydrogens (tertiary/aromatic N) is 5. The molecule has 9 heteroatoms. The van der Waals surface area contributed by atoms with Gasteiger partial charge in [0.15, 0.2) is 15.9 Å². The summed E-state index contributed by atoms with van der Waals surface area (Å²) in [7, 11) is 1.96. The molecule has 0 aliphatic rings. The quantitative estimate of drug-likeness (QED) is 0.440. The van der Waals surface area contributed by atoms with E-state index in [1.165, 1.54) is 0 Å². The summed E-state index contributed by atoms with van der Waals surface area (Å²) in [6.45, 7) is 1.99. The summed E-state index contributed by atoms with van der Waals surface area (Å²) in [5, 5.41) is 12.8. The number of hydrogen-bond donors (Lipinski definition) is 0. The third kappa shape index (κ3) is 3.06. The lowest BCUT2D eigenvalue weighted by Crippen LogP contribution is -1.98. The van der Waals surface area contributed by atoms with Crippen LogP contribution in [0.15, 0.2) is 34.9 Å². The summed E-state index contributed by atoms with van der Waals surface area (Å²) >= 11 is 15.4. The summed E-state index contributed by atoms with van der Waals surface area (Å²) in [5.41, 5.74) is 2.93. The Morgan fingerprint density at radius 1 is 1.24 bits per heavy atom. The van der Waals surface area contributed by atoms with Crippen LogP contribution in [0.25, 0.3) is 16.5 Å². The van der Waals surface area contributed by atoms with Gasteiger partial charge in [0.25, 0.3) is 0 Å². The van der Waals surface area contributed by atoms with Crippen LogP contribution in [0.3, 0.4) is 0 Å². The largest absolute Gasteiger partial charge is 0.304 e. The Bertz CT molecular complexity index is 1070. The molecule has 4 rings (SSSR count). The molecule has 0 unspecified atom stereocenters. The topological polar surface area (TPSA) is 48.0 Å². The zero-order valence-electron chi connectivity index (χ0n) is 13.4. The number of benzene rings is 1. The molecule has 0 spiro atoms. The molecule has 0 fully saturated rings. The smallest absolute Gasteiger partial charge is 0.194 e. The normalized spacial score (nSPS) is 11.5. The zero-order chi connectivity index (χ0) is 17.6. The molecule has 0 atom stereocenters. The fraction of sp³-hybridized carbons (Fsp3) is 0.188. The molecule has 4 aromatic rings. The summed E-state index contributed by atoms with van der Waals surface area (Å²) in [4.78, 5) is 5.53. The van der Waals surface area contributed by atoms with Gasteiger partial charge in [0, 0.05) is 34.4 Å². The second-order valence-corrected chi connectivity index (χ2v) is 8.15. The number of halogens is 2. The Kier molecular flexibility index (Phi) is 4.49. The predicted molar refractivity (Wildman–Crippen MR) is 104 cm³/mol. The second-order valence-electron chi connectivity index (χ2n) is 5.49. The minimum Gasteiger partial charge on any atom is -0.304 e. The van der Waals surface area contributed by atoms with Crippen LogP contribution in [-0.4, -0.2) is 24.1 Å². The zero-order valence-corrected chi connectivity index (χ0v) is 16.5. The summed E-state index contributed by atoms with van der Waals surface area (Å²) in [6, 6.07) is 5.53. The molecule has 0 aliphatic carbocycles. The molecular formula is C16H13Cl2N5S2. The number of rotatable bonds is 4. The lowest BCUT2D eigenvalue weighted by Gasteiger charge is -2.06. The molecule has 0 radical (unpaired) electrons. The fourth-order valence-corrected chi connectivity index (χ4v) is 4.82. The van der Waals surface area contributed by atoms with E-state index in [0.29, 0.717) is 15.8 Å². The van der Waals surface area contributed by atoms with Gasteiger partial charge in [-0.15, -0.1) is 21.5 Å². The number of aryl methyl sites for hydroxylation is 1. The van der Waals surface area contributed by atoms with Gasteiger partial charge < -0.3 is 4.57 Å². The van der Waals surface area contributed by atoms with Gasteiger partial charge in [-0.1, -0.05) is 41.0 Å². The van der Waals surface area contributed by atoms with Gasteiger partial charge in [-0.3, -0.25) is 4.40 Å². The second kappa shape index (κ2) is 6.64. The van der Waals surface area contributed by atoms with E-state index in [1.54, 1.807) is 29.2 Å². The molecule has 25 heavy (non-hydrogen) atoms. The van der Waals surface area contributed by atoms with E-state index in [9.17, 15) is 0 Å². The van der Waals surface area contributed by atoms with Crippen molar-refractivity contribution in [2.75, 3.05) is 0 Å². The Morgan fingerprint density at radius 3 is 2.88 bits per heavy atom. The predicted octanol–water partition coefficient (Wildman–Crippen LogP) is 5.10. The highest BCUT2D eigenvalue weighted by Crippen LogP contribution is 2.31. The lowest BCUT2D eigenvalue weighted by molar-refractivity contribution is 0.791. The van der Waals surface area contributed by atoms with Crippen molar-refractivity contribution < 1.29 is 0 Å². The van der Waals surface area contributed by atoms with Crippen molar-refractivity contribution in [1.82, 2.24) is 24.1 Å². The first kappa shape index (κ1) is 16.9. The van der Waals surface area contributed by atoms with Gasteiger partial charge in [0.05, 0.1) is 5.69 Å². The van der Waals surface area contributed by atoms with Gasteiger partial charge in [-0.2, -0.15) is 0 Å². The van der Waals surface area contributed by atoms with Crippen molar-refractivity contribution in [3.63, 3.8) is 0 Å². The van der Waals surface area contributed by atoms with Gasteiger partial charge >= 0.3 is 0 Å². The molecule has 0 N–H and O–H groups in total. The molecule has 0 bridgehead atoms. The first-order valence-electron chi connectivity index (χ1n) is 7.43. The first-order valence-corrected chi connectivity index (χ1v) is 10.1. The van der Waals surface area contributed by atoms with E-state index >= 15 is 0 Å². The van der Waals surface area contributed by atoms with E-state index in [2.05, 4.69) is 19.6 Å². The summed E-state index contributed by atoms with van der Waals surface area (Å²) in [5.74, 6) is 1.49. The van der Waals surface area contributed by atoms with Crippen LogP contribution in [0.1, 0.15) is 11.3 Å². The Morgan fingerprint density at radius 2 is 2.08 bits per heavy atom. The first-order chi connectivity index (χ1) is 12.0. The number of thioether (sulfide) groups is 1. The van der Waals surface area contributed by atoms with Crippen molar-refractivity contribution in [1.29, 1.82) is 0 Å². The van der Waals surface area contributed by atoms with E-state index in [-0.39, 0.29) is 0 Å². The van der Waals surface area contributed by atoms with E-state index in [4.69, 9.17) is 23.2 Å². The van der Waals surface area contributed by atoms with Crippen LogP contribution < -0.4 is 0 Å². The van der Waals surface area contributed by atoms with Crippen molar-refractivity contribution in [3.05, 3.63) is 51.1 Å². The maximum atomic E-state index is 6.24. The van der Waals surface area contributed by atoms with Crippen LogP contribution >= 0.6 is 46.3 Å². The number of thiazole rings is 1. The Hall–Kier alpha value is -1.54. The number of aromatic nitrogens is 5. The standard InChI is InChI=1S/C16H13Cl2N5S2/c1-9-13(23-5-6-24-15(23)19-9)14-20-21-16(22(14)2)25-8-10-3-4-11(17)7-12(10)18/h3-7H,8H2,1-2H3. The average Bonchev–Trinajstić information content (AvgIpc) is 3.22. The highest BCUT2D eigenvalue weighted by molar-refractivity contribution is 7.98. The maximum Gasteiger partial charge on any atom is 0.194 e. The van der Waals surface area contributed by atoms with E-state index in [0.717, 1.165) is 32.9 Å². The molecular weight excluding hydrogens is 397 g/mol. The molecule has 0 amide bonds. The fourth-order valence-electron chi connectivity index (χ4n) is 2.59. The van der Waals surface area contributed by atoms with Crippen LogP contribution in [0.5, 0.6) is 0 Å². The number of fused-ring (bicyclic) bond motifs is 1. The lowest BCUT2D eigenvalue weighted by atomic mass is 10.2. The molecule has 128 valence electrons. The third-order valence-corrected chi connectivity index (χ3v) is 6.27. The van der Waals surface area contributed by atoms with Gasteiger partial charge in [0.2, 0.25) is 0 Å². The maximum absolute atomic E-state index is 6.24. The SMILES string of the molecule is Cc1nc2sccn2c1-c1nnc(SCc2ccc(Cl)cc2Cl)n1C. The molecule has 5 nitrogen and oxygen atoms in total. The van der Waals surface area contributed by atoms with Crippen molar-refractivity contribution in [3.8, 4) is 11.5 Å². The van der Waals surface area contributed by atoms with Crippen LogP contribution in [0.4, 0.5) is 0 Å². The van der Waals surface area contributed by atoms with E-state index in [1.807, 2.05) is 42.2 Å². The van der Waals surface area contributed by atoms with Crippen molar-refractivity contribution >= 4 is 51.3 Å². The summed E-state index contributed by atoms with van der Waals surface area (Å²) < 4.78 is 4.04. The molecule has 0 saturated heterocycles. The van der Waals surface area contributed by atoms with E-state index < -0.39 is 0 Å². The Labute approximate surface area is 162 Å². The van der Waals surface area contributed by atoms with Crippen LogP contribution in [0, 0.1) is 6.92 Å². The van der Waals surface area contributed by atoms with Crippen LogP contribution in [0.2, 0.25) is 10.0 Å². The van der Waals surface area contributed by atoms with Gasteiger partial charge in [-0.25, -0.2) is 4.98 Å². The third-order valence-electron chi connectivity index (χ3n) is 3.86.